The van der Waals surface area contributed by atoms with Gasteiger partial charge in [0.15, 0.2) is 0 Å². The summed E-state index contributed by atoms with van der Waals surface area (Å²) in [7, 11) is 0. The highest BCUT2D eigenvalue weighted by atomic mass is 16.6. The lowest BCUT2D eigenvalue weighted by Crippen LogP contribution is -2.44. The zero-order valence-corrected chi connectivity index (χ0v) is 22.6. The number of fused-ring (bicyclic) bond motifs is 1. The van der Waals surface area contributed by atoms with Crippen LogP contribution in [0, 0.1) is 11.3 Å². The van der Waals surface area contributed by atoms with Gasteiger partial charge < -0.3 is 19.3 Å². The molecule has 38 heavy (non-hydrogen) atoms. The lowest BCUT2D eigenvalue weighted by molar-refractivity contribution is -0.118. The van der Waals surface area contributed by atoms with Crippen LogP contribution in [-0.4, -0.2) is 41.7 Å². The number of piperidine rings is 1. The summed E-state index contributed by atoms with van der Waals surface area (Å²) in [6.07, 6.45) is 1.59. The van der Waals surface area contributed by atoms with Crippen LogP contribution in [0.1, 0.15) is 58.1 Å². The summed E-state index contributed by atoms with van der Waals surface area (Å²) in [5.74, 6) is 0.766. The first-order valence-electron chi connectivity index (χ1n) is 13.1. The fraction of sp³-hybridized carbons (Fsp3) is 0.387. The summed E-state index contributed by atoms with van der Waals surface area (Å²) in [4.78, 5) is 28.7. The third kappa shape index (κ3) is 6.83. The third-order valence-corrected chi connectivity index (χ3v) is 6.52. The second-order valence-corrected chi connectivity index (χ2v) is 10.6. The molecule has 7 nitrogen and oxygen atoms in total. The van der Waals surface area contributed by atoms with Gasteiger partial charge in [-0.1, -0.05) is 25.1 Å². The van der Waals surface area contributed by atoms with Crippen molar-refractivity contribution in [2.24, 2.45) is 0 Å². The molecule has 0 atom stereocenters. The fourth-order valence-electron chi connectivity index (χ4n) is 4.54. The molecular formula is C31H35N3O4. The van der Waals surface area contributed by atoms with Crippen molar-refractivity contribution in [3.05, 3.63) is 71.8 Å². The van der Waals surface area contributed by atoms with E-state index in [1.807, 2.05) is 88.4 Å². The second-order valence-electron chi connectivity index (χ2n) is 10.6. The van der Waals surface area contributed by atoms with Crippen LogP contribution < -0.4 is 9.64 Å². The fourth-order valence-corrected chi connectivity index (χ4v) is 4.54. The molecule has 0 bridgehead atoms. The van der Waals surface area contributed by atoms with Gasteiger partial charge in [0, 0.05) is 38.0 Å². The molecule has 1 heterocycles. The number of benzene rings is 3. The summed E-state index contributed by atoms with van der Waals surface area (Å²) in [6.45, 7) is 9.08. The van der Waals surface area contributed by atoms with Crippen LogP contribution in [0.3, 0.4) is 0 Å². The molecule has 7 heteroatoms. The van der Waals surface area contributed by atoms with Gasteiger partial charge in [0.2, 0.25) is 5.91 Å². The van der Waals surface area contributed by atoms with Crippen molar-refractivity contribution in [1.82, 2.24) is 4.90 Å². The zero-order valence-electron chi connectivity index (χ0n) is 22.6. The lowest BCUT2D eigenvalue weighted by atomic mass is 10.0. The molecule has 0 unspecified atom stereocenters. The highest BCUT2D eigenvalue weighted by Gasteiger charge is 2.27. The lowest BCUT2D eigenvalue weighted by Gasteiger charge is -2.33. The van der Waals surface area contributed by atoms with Crippen molar-refractivity contribution in [2.45, 2.75) is 65.2 Å². The Morgan fingerprint density at radius 1 is 1.00 bits per heavy atom. The molecule has 0 spiro atoms. The predicted octanol–water partition coefficient (Wildman–Crippen LogP) is 6.43. The molecule has 0 saturated carbocycles. The Morgan fingerprint density at radius 3 is 2.32 bits per heavy atom. The van der Waals surface area contributed by atoms with Crippen LogP contribution in [0.5, 0.6) is 5.75 Å². The number of rotatable bonds is 6. The SMILES string of the molecule is CCC(=O)N(Cc1ccc2ccc(C#N)cc2c1)c1ccc(OC2CCN(C(=O)OC(C)(C)C)CC2)cc1. The number of hydrogen-bond acceptors (Lipinski definition) is 5. The molecule has 1 saturated heterocycles. The van der Waals surface area contributed by atoms with Gasteiger partial charge in [0.05, 0.1) is 18.2 Å². The molecule has 2 amide bonds. The molecule has 0 aromatic heterocycles. The van der Waals surface area contributed by atoms with E-state index in [1.165, 1.54) is 0 Å². The van der Waals surface area contributed by atoms with E-state index < -0.39 is 5.60 Å². The molecular weight excluding hydrogens is 478 g/mol. The van der Waals surface area contributed by atoms with E-state index in [4.69, 9.17) is 9.47 Å². The van der Waals surface area contributed by atoms with Crippen LogP contribution in [0.2, 0.25) is 0 Å². The Bertz CT molecular complexity index is 1330. The van der Waals surface area contributed by atoms with Gasteiger partial charge in [0.25, 0.3) is 0 Å². The monoisotopic (exact) mass is 513 g/mol. The van der Waals surface area contributed by atoms with Gasteiger partial charge in [-0.05, 0) is 79.6 Å². The van der Waals surface area contributed by atoms with Gasteiger partial charge in [-0.15, -0.1) is 0 Å². The number of amides is 2. The Morgan fingerprint density at radius 2 is 1.68 bits per heavy atom. The van der Waals surface area contributed by atoms with Gasteiger partial charge in [-0.3, -0.25) is 4.79 Å². The topological polar surface area (TPSA) is 82.9 Å². The largest absolute Gasteiger partial charge is 0.490 e. The number of hydrogen-bond donors (Lipinski definition) is 0. The Kier molecular flexibility index (Phi) is 8.21. The van der Waals surface area contributed by atoms with E-state index in [9.17, 15) is 14.9 Å². The minimum Gasteiger partial charge on any atom is -0.490 e. The summed E-state index contributed by atoms with van der Waals surface area (Å²) in [6, 6.07) is 21.5. The van der Waals surface area contributed by atoms with Crippen molar-refractivity contribution in [2.75, 3.05) is 18.0 Å². The smallest absolute Gasteiger partial charge is 0.410 e. The summed E-state index contributed by atoms with van der Waals surface area (Å²) >= 11 is 0. The number of carbonyl (C=O) groups excluding carboxylic acids is 2. The average molecular weight is 514 g/mol. The first-order chi connectivity index (χ1) is 18.1. The summed E-state index contributed by atoms with van der Waals surface area (Å²) < 4.78 is 11.7. The first-order valence-corrected chi connectivity index (χ1v) is 13.1. The van der Waals surface area contributed by atoms with Crippen LogP contribution in [-0.2, 0) is 16.1 Å². The predicted molar refractivity (Wildman–Crippen MR) is 148 cm³/mol. The van der Waals surface area contributed by atoms with E-state index in [0.29, 0.717) is 31.6 Å². The molecule has 1 fully saturated rings. The van der Waals surface area contributed by atoms with Crippen molar-refractivity contribution >= 4 is 28.5 Å². The number of anilines is 1. The quantitative estimate of drug-likeness (QED) is 0.379. The molecule has 4 rings (SSSR count). The van der Waals surface area contributed by atoms with Crippen LogP contribution >= 0.6 is 0 Å². The van der Waals surface area contributed by atoms with Crippen LogP contribution in [0.15, 0.2) is 60.7 Å². The van der Waals surface area contributed by atoms with E-state index in [-0.39, 0.29) is 18.1 Å². The molecule has 198 valence electrons. The Hall–Kier alpha value is -4.05. The van der Waals surface area contributed by atoms with Crippen LogP contribution in [0.25, 0.3) is 10.8 Å². The van der Waals surface area contributed by atoms with E-state index in [1.54, 1.807) is 9.80 Å². The zero-order chi connectivity index (χ0) is 27.3. The highest BCUT2D eigenvalue weighted by molar-refractivity contribution is 5.93. The van der Waals surface area contributed by atoms with Gasteiger partial charge in [-0.2, -0.15) is 5.26 Å². The van der Waals surface area contributed by atoms with Gasteiger partial charge >= 0.3 is 6.09 Å². The Labute approximate surface area is 224 Å². The summed E-state index contributed by atoms with van der Waals surface area (Å²) in [5.41, 5.74) is 1.90. The average Bonchev–Trinajstić information content (AvgIpc) is 2.91. The maximum Gasteiger partial charge on any atom is 0.410 e. The van der Waals surface area contributed by atoms with E-state index in [0.717, 1.165) is 40.6 Å². The minimum atomic E-state index is -0.506. The van der Waals surface area contributed by atoms with Gasteiger partial charge in [0.1, 0.15) is 17.5 Å². The maximum atomic E-state index is 12.9. The Balaban J connectivity index is 1.40. The van der Waals surface area contributed by atoms with E-state index in [2.05, 4.69) is 6.07 Å². The van der Waals surface area contributed by atoms with Crippen molar-refractivity contribution in [3.63, 3.8) is 0 Å². The standard InChI is InChI=1S/C31H35N3O4/c1-5-29(35)34(21-23-7-9-24-8-6-22(20-32)18-25(24)19-23)26-10-12-27(13-11-26)37-28-14-16-33(17-15-28)30(36)38-31(2,3)4/h6-13,18-19,28H,5,14-17,21H2,1-4H3. The number of likely N-dealkylation sites (tertiary alicyclic amines) is 1. The third-order valence-electron chi connectivity index (χ3n) is 6.52. The maximum absolute atomic E-state index is 12.9. The molecule has 1 aliphatic rings. The minimum absolute atomic E-state index is 0.0174. The van der Waals surface area contributed by atoms with Gasteiger partial charge in [-0.25, -0.2) is 4.79 Å². The van der Waals surface area contributed by atoms with Crippen molar-refractivity contribution < 1.29 is 19.1 Å². The molecule has 0 radical (unpaired) electrons. The second kappa shape index (κ2) is 11.6. The van der Waals surface area contributed by atoms with Crippen LogP contribution in [0.4, 0.5) is 10.5 Å². The molecule has 0 N–H and O–H groups in total. The van der Waals surface area contributed by atoms with Crippen molar-refractivity contribution in [1.29, 1.82) is 5.26 Å². The van der Waals surface area contributed by atoms with Crippen molar-refractivity contribution in [3.8, 4) is 11.8 Å². The molecule has 3 aromatic carbocycles. The summed E-state index contributed by atoms with van der Waals surface area (Å²) in [5, 5.41) is 11.3. The molecule has 3 aromatic rings. The first kappa shape index (κ1) is 27.0. The molecule has 0 aliphatic carbocycles. The highest BCUT2D eigenvalue weighted by Crippen LogP contribution is 2.26. The normalized spacial score (nSPS) is 14.1. The molecule has 1 aliphatic heterocycles. The van der Waals surface area contributed by atoms with E-state index >= 15 is 0 Å². The number of nitrogens with zero attached hydrogens (tertiary/aromatic N) is 3. The number of carbonyl (C=O) groups is 2. The number of ether oxygens (including phenoxy) is 2. The number of nitriles is 1.